The van der Waals surface area contributed by atoms with Crippen LogP contribution < -0.4 is 5.32 Å². The smallest absolute Gasteiger partial charge is 0.322 e. The van der Waals surface area contributed by atoms with Gasteiger partial charge < -0.3 is 5.32 Å². The fourth-order valence-electron chi connectivity index (χ4n) is 3.03. The highest BCUT2D eigenvalue weighted by atomic mass is 19.4. The number of nitrogens with zero attached hydrogens (tertiary/aromatic N) is 3. The molecule has 2 aromatic heterocycles. The third-order valence-corrected chi connectivity index (χ3v) is 4.66. The van der Waals surface area contributed by atoms with Crippen LogP contribution in [0, 0.1) is 13.8 Å². The first kappa shape index (κ1) is 19.6. The van der Waals surface area contributed by atoms with Gasteiger partial charge in [0, 0.05) is 11.3 Å². The SMILES string of the molecule is Cc1ccc(NC(=O)c2cnn3c(C(F)(F)F)cc(-c4ccc(C)cc4)nc23)cc1. The summed E-state index contributed by atoms with van der Waals surface area (Å²) in [7, 11) is 0. The zero-order valence-electron chi connectivity index (χ0n) is 16.2. The topological polar surface area (TPSA) is 59.3 Å². The zero-order valence-corrected chi connectivity index (χ0v) is 16.2. The van der Waals surface area contributed by atoms with Crippen LogP contribution in [0.5, 0.6) is 0 Å². The Bertz CT molecular complexity index is 1230. The summed E-state index contributed by atoms with van der Waals surface area (Å²) in [6, 6.07) is 15.0. The average Bonchev–Trinajstić information content (AvgIpc) is 3.13. The second kappa shape index (κ2) is 7.29. The molecular weight excluding hydrogens is 393 g/mol. The van der Waals surface area contributed by atoms with Crippen molar-refractivity contribution in [3.63, 3.8) is 0 Å². The molecular formula is C22H17F3N4O. The first-order valence-corrected chi connectivity index (χ1v) is 9.13. The second-order valence-corrected chi connectivity index (χ2v) is 7.00. The molecule has 0 aliphatic heterocycles. The number of amides is 1. The van der Waals surface area contributed by atoms with Crippen LogP contribution in [0.25, 0.3) is 16.9 Å². The third kappa shape index (κ3) is 3.76. The van der Waals surface area contributed by atoms with Gasteiger partial charge in [-0.15, -0.1) is 0 Å². The van der Waals surface area contributed by atoms with Crippen molar-refractivity contribution in [2.24, 2.45) is 0 Å². The van der Waals surface area contributed by atoms with Crippen molar-refractivity contribution in [3.8, 4) is 11.3 Å². The molecule has 0 unspecified atom stereocenters. The Kier molecular flexibility index (Phi) is 4.77. The molecule has 4 rings (SSSR count). The number of nitrogens with one attached hydrogen (secondary N) is 1. The van der Waals surface area contributed by atoms with Gasteiger partial charge in [0.2, 0.25) is 0 Å². The summed E-state index contributed by atoms with van der Waals surface area (Å²) in [5.74, 6) is -0.587. The van der Waals surface area contributed by atoms with Crippen molar-refractivity contribution in [2.75, 3.05) is 5.32 Å². The highest BCUT2D eigenvalue weighted by molar-refractivity contribution is 6.08. The first-order chi connectivity index (χ1) is 14.2. The zero-order chi connectivity index (χ0) is 21.5. The second-order valence-electron chi connectivity index (χ2n) is 7.00. The molecule has 0 aliphatic carbocycles. The van der Waals surface area contributed by atoms with Gasteiger partial charge in [-0.1, -0.05) is 47.5 Å². The predicted molar refractivity (Wildman–Crippen MR) is 107 cm³/mol. The maximum Gasteiger partial charge on any atom is 0.433 e. The maximum atomic E-state index is 13.7. The van der Waals surface area contributed by atoms with Gasteiger partial charge in [0.05, 0.1) is 11.9 Å². The van der Waals surface area contributed by atoms with Crippen LogP contribution in [0.1, 0.15) is 27.2 Å². The fraction of sp³-hybridized carbons (Fsp3) is 0.136. The lowest BCUT2D eigenvalue weighted by molar-refractivity contribution is -0.142. The molecule has 2 heterocycles. The Morgan fingerprint density at radius 2 is 1.57 bits per heavy atom. The quantitative estimate of drug-likeness (QED) is 0.500. The number of benzene rings is 2. The highest BCUT2D eigenvalue weighted by Crippen LogP contribution is 2.33. The molecule has 0 saturated carbocycles. The summed E-state index contributed by atoms with van der Waals surface area (Å²) >= 11 is 0. The number of anilines is 1. The molecule has 152 valence electrons. The van der Waals surface area contributed by atoms with Crippen molar-refractivity contribution in [3.05, 3.63) is 83.2 Å². The van der Waals surface area contributed by atoms with Crippen LogP contribution in [0.2, 0.25) is 0 Å². The van der Waals surface area contributed by atoms with Gasteiger partial charge in [-0.2, -0.15) is 18.3 Å². The number of hydrogen-bond acceptors (Lipinski definition) is 3. The van der Waals surface area contributed by atoms with E-state index in [-0.39, 0.29) is 16.9 Å². The first-order valence-electron chi connectivity index (χ1n) is 9.13. The van der Waals surface area contributed by atoms with Crippen LogP contribution in [-0.4, -0.2) is 20.5 Å². The van der Waals surface area contributed by atoms with Crippen molar-refractivity contribution in [1.82, 2.24) is 14.6 Å². The molecule has 2 aromatic carbocycles. The minimum atomic E-state index is -4.67. The summed E-state index contributed by atoms with van der Waals surface area (Å²) in [5.41, 5.74) is 1.93. The lowest BCUT2D eigenvalue weighted by Gasteiger charge is -2.12. The fourth-order valence-corrected chi connectivity index (χ4v) is 3.03. The van der Waals surface area contributed by atoms with Gasteiger partial charge in [-0.25, -0.2) is 9.50 Å². The van der Waals surface area contributed by atoms with E-state index >= 15 is 0 Å². The third-order valence-electron chi connectivity index (χ3n) is 4.66. The van der Waals surface area contributed by atoms with E-state index in [2.05, 4.69) is 15.4 Å². The monoisotopic (exact) mass is 410 g/mol. The molecule has 1 N–H and O–H groups in total. The normalized spacial score (nSPS) is 11.6. The largest absolute Gasteiger partial charge is 0.433 e. The van der Waals surface area contributed by atoms with E-state index in [0.717, 1.165) is 23.4 Å². The van der Waals surface area contributed by atoms with Crippen LogP contribution in [0.3, 0.4) is 0 Å². The summed E-state index contributed by atoms with van der Waals surface area (Å²) in [5, 5.41) is 6.46. The van der Waals surface area contributed by atoms with E-state index < -0.39 is 17.8 Å². The number of carbonyl (C=O) groups is 1. The van der Waals surface area contributed by atoms with Crippen molar-refractivity contribution >= 4 is 17.2 Å². The molecule has 0 radical (unpaired) electrons. The molecule has 0 bridgehead atoms. The van der Waals surface area contributed by atoms with E-state index in [0.29, 0.717) is 15.8 Å². The number of carbonyl (C=O) groups excluding carboxylic acids is 1. The van der Waals surface area contributed by atoms with Crippen molar-refractivity contribution in [2.45, 2.75) is 20.0 Å². The number of halogens is 3. The molecule has 0 atom stereocenters. The van der Waals surface area contributed by atoms with Gasteiger partial charge in [0.25, 0.3) is 5.91 Å². The number of alkyl halides is 3. The summed E-state index contributed by atoms with van der Waals surface area (Å²) in [6.07, 6.45) is -3.57. The highest BCUT2D eigenvalue weighted by Gasteiger charge is 2.36. The Morgan fingerprint density at radius 3 is 2.17 bits per heavy atom. The van der Waals surface area contributed by atoms with Gasteiger partial charge in [-0.3, -0.25) is 4.79 Å². The van der Waals surface area contributed by atoms with E-state index in [4.69, 9.17) is 0 Å². The molecule has 0 saturated heterocycles. The number of rotatable bonds is 3. The summed E-state index contributed by atoms with van der Waals surface area (Å²) < 4.78 is 41.7. The van der Waals surface area contributed by atoms with Crippen molar-refractivity contribution < 1.29 is 18.0 Å². The summed E-state index contributed by atoms with van der Waals surface area (Å²) in [6.45, 7) is 3.79. The molecule has 0 spiro atoms. The molecule has 1 amide bonds. The maximum absolute atomic E-state index is 13.7. The minimum absolute atomic E-state index is 0.0463. The Hall–Kier alpha value is -3.68. The van der Waals surface area contributed by atoms with Crippen LogP contribution in [0.4, 0.5) is 18.9 Å². The molecule has 5 nitrogen and oxygen atoms in total. The molecule has 0 aliphatic rings. The molecule has 4 aromatic rings. The van der Waals surface area contributed by atoms with Gasteiger partial charge >= 0.3 is 6.18 Å². The van der Waals surface area contributed by atoms with Crippen LogP contribution in [-0.2, 0) is 6.18 Å². The van der Waals surface area contributed by atoms with Gasteiger partial charge in [-0.05, 0) is 32.0 Å². The van der Waals surface area contributed by atoms with Crippen LogP contribution in [0.15, 0.2) is 60.8 Å². The van der Waals surface area contributed by atoms with Gasteiger partial charge in [0.15, 0.2) is 11.3 Å². The average molecular weight is 410 g/mol. The standard InChI is InChI=1S/C22H17F3N4O/c1-13-3-7-15(8-4-13)18-11-19(22(23,24)25)29-20(28-18)17(12-26-29)21(30)27-16-9-5-14(2)6-10-16/h3-12H,1-2H3,(H,27,30). The number of hydrogen-bond donors (Lipinski definition) is 1. The Balaban J connectivity index is 1.83. The Labute approximate surface area is 170 Å². The predicted octanol–water partition coefficient (Wildman–Crippen LogP) is 5.28. The van der Waals surface area contributed by atoms with E-state index in [1.165, 1.54) is 0 Å². The lowest BCUT2D eigenvalue weighted by Crippen LogP contribution is -2.15. The molecule has 30 heavy (non-hydrogen) atoms. The molecule has 8 heteroatoms. The minimum Gasteiger partial charge on any atom is -0.322 e. The number of aryl methyl sites for hydroxylation is 2. The van der Waals surface area contributed by atoms with E-state index in [1.807, 2.05) is 26.0 Å². The Morgan fingerprint density at radius 1 is 0.967 bits per heavy atom. The summed E-state index contributed by atoms with van der Waals surface area (Å²) in [4.78, 5) is 17.1. The van der Waals surface area contributed by atoms with E-state index in [9.17, 15) is 18.0 Å². The van der Waals surface area contributed by atoms with Crippen LogP contribution >= 0.6 is 0 Å². The number of aromatic nitrogens is 3. The molecule has 0 fully saturated rings. The van der Waals surface area contributed by atoms with Gasteiger partial charge in [0.1, 0.15) is 5.56 Å². The number of fused-ring (bicyclic) bond motifs is 1. The van der Waals surface area contributed by atoms with E-state index in [1.54, 1.807) is 36.4 Å². The lowest BCUT2D eigenvalue weighted by atomic mass is 10.1. The van der Waals surface area contributed by atoms with Crippen molar-refractivity contribution in [1.29, 1.82) is 0 Å².